The van der Waals surface area contributed by atoms with E-state index in [1.165, 1.54) is 5.69 Å². The topological polar surface area (TPSA) is 65.6 Å². The molecule has 96 valence electrons. The van der Waals surface area contributed by atoms with Crippen molar-refractivity contribution in [2.75, 3.05) is 24.2 Å². The number of aromatic amines is 1. The maximum Gasteiger partial charge on any atom is 0.131 e. The fourth-order valence-electron chi connectivity index (χ4n) is 1.75. The van der Waals surface area contributed by atoms with E-state index in [4.69, 9.17) is 0 Å². The largest absolute Gasteiger partial charge is 0.373 e. The Bertz CT molecular complexity index is 490. The molecule has 0 bridgehead atoms. The van der Waals surface area contributed by atoms with Crippen molar-refractivity contribution >= 4 is 11.6 Å². The summed E-state index contributed by atoms with van der Waals surface area (Å²) in [5.41, 5.74) is 1.23. The van der Waals surface area contributed by atoms with E-state index >= 15 is 0 Å². The van der Waals surface area contributed by atoms with Gasteiger partial charge in [0.25, 0.3) is 0 Å². The fraction of sp³-hybridized carbons (Fsp3) is 0.385. The standard InChI is InChI=1S/C13H19N5/c1-13(2,10-5-4-6-15-10)8-16-12-7-11(14-3)17-9-18-12/h4-7,9,15H,8H2,1-3H3,(H2,14,16,17,18). The summed E-state index contributed by atoms with van der Waals surface area (Å²) >= 11 is 0. The van der Waals surface area contributed by atoms with Gasteiger partial charge >= 0.3 is 0 Å². The molecule has 0 radical (unpaired) electrons. The molecule has 2 aromatic heterocycles. The third kappa shape index (κ3) is 2.80. The lowest BCUT2D eigenvalue weighted by Crippen LogP contribution is -2.28. The molecule has 0 saturated heterocycles. The lowest BCUT2D eigenvalue weighted by atomic mass is 9.89. The highest BCUT2D eigenvalue weighted by Crippen LogP contribution is 2.21. The number of nitrogens with zero attached hydrogens (tertiary/aromatic N) is 2. The third-order valence-corrected chi connectivity index (χ3v) is 2.96. The van der Waals surface area contributed by atoms with Crippen molar-refractivity contribution in [3.63, 3.8) is 0 Å². The summed E-state index contributed by atoms with van der Waals surface area (Å²) in [6.07, 6.45) is 3.50. The molecule has 3 N–H and O–H groups in total. The molecule has 2 aromatic rings. The second-order valence-corrected chi connectivity index (χ2v) is 4.86. The molecular weight excluding hydrogens is 226 g/mol. The summed E-state index contributed by atoms with van der Waals surface area (Å²) in [6.45, 7) is 5.17. The maximum absolute atomic E-state index is 4.20. The molecule has 18 heavy (non-hydrogen) atoms. The summed E-state index contributed by atoms with van der Waals surface area (Å²) in [4.78, 5) is 11.5. The minimum Gasteiger partial charge on any atom is -0.373 e. The van der Waals surface area contributed by atoms with Gasteiger partial charge in [-0.05, 0) is 12.1 Å². The first kappa shape index (κ1) is 12.4. The number of hydrogen-bond donors (Lipinski definition) is 3. The number of H-pyrrole nitrogens is 1. The van der Waals surface area contributed by atoms with Crippen LogP contribution in [0.15, 0.2) is 30.7 Å². The van der Waals surface area contributed by atoms with Gasteiger partial charge < -0.3 is 15.6 Å². The van der Waals surface area contributed by atoms with Crippen LogP contribution in [0.5, 0.6) is 0 Å². The molecule has 5 heteroatoms. The fourth-order valence-corrected chi connectivity index (χ4v) is 1.75. The van der Waals surface area contributed by atoms with Crippen molar-refractivity contribution in [2.24, 2.45) is 0 Å². The SMILES string of the molecule is CNc1cc(NCC(C)(C)c2ccc[nH]2)ncn1. The van der Waals surface area contributed by atoms with Crippen molar-refractivity contribution in [2.45, 2.75) is 19.3 Å². The summed E-state index contributed by atoms with van der Waals surface area (Å²) in [5, 5.41) is 6.33. The second kappa shape index (κ2) is 5.08. The molecule has 0 aliphatic carbocycles. The molecular formula is C13H19N5. The quantitative estimate of drug-likeness (QED) is 0.756. The smallest absolute Gasteiger partial charge is 0.131 e. The summed E-state index contributed by atoms with van der Waals surface area (Å²) in [7, 11) is 1.84. The molecule has 0 aliphatic heterocycles. The number of hydrogen-bond acceptors (Lipinski definition) is 4. The van der Waals surface area contributed by atoms with Gasteiger partial charge in [-0.2, -0.15) is 0 Å². The van der Waals surface area contributed by atoms with Gasteiger partial charge in [-0.1, -0.05) is 13.8 Å². The average molecular weight is 245 g/mol. The monoisotopic (exact) mass is 245 g/mol. The zero-order valence-electron chi connectivity index (χ0n) is 11.0. The van der Waals surface area contributed by atoms with E-state index < -0.39 is 0 Å². The maximum atomic E-state index is 4.20. The molecule has 0 spiro atoms. The third-order valence-electron chi connectivity index (χ3n) is 2.96. The molecule has 0 unspecified atom stereocenters. The van der Waals surface area contributed by atoms with E-state index in [1.54, 1.807) is 6.33 Å². The predicted molar refractivity (Wildman–Crippen MR) is 73.9 cm³/mol. The van der Waals surface area contributed by atoms with Gasteiger partial charge in [-0.25, -0.2) is 9.97 Å². The highest BCUT2D eigenvalue weighted by atomic mass is 15.1. The first-order valence-electron chi connectivity index (χ1n) is 5.99. The first-order chi connectivity index (χ1) is 8.62. The van der Waals surface area contributed by atoms with Crippen LogP contribution in [0.1, 0.15) is 19.5 Å². The molecule has 2 heterocycles. The zero-order chi connectivity index (χ0) is 13.0. The van der Waals surface area contributed by atoms with Gasteiger partial charge in [0.05, 0.1) is 0 Å². The van der Waals surface area contributed by atoms with Crippen LogP contribution in [-0.4, -0.2) is 28.5 Å². The van der Waals surface area contributed by atoms with Gasteiger partial charge in [0.15, 0.2) is 0 Å². The molecule has 0 amide bonds. The Labute approximate surface area is 107 Å². The van der Waals surface area contributed by atoms with E-state index in [9.17, 15) is 0 Å². The van der Waals surface area contributed by atoms with Gasteiger partial charge in [-0.3, -0.25) is 0 Å². The Morgan fingerprint density at radius 1 is 1.28 bits per heavy atom. The van der Waals surface area contributed by atoms with Gasteiger partial charge in [0, 0.05) is 37.0 Å². The molecule has 0 atom stereocenters. The van der Waals surface area contributed by atoms with E-state index in [-0.39, 0.29) is 5.41 Å². The van der Waals surface area contributed by atoms with Gasteiger partial charge in [0.2, 0.25) is 0 Å². The Kier molecular flexibility index (Phi) is 3.50. The molecule has 0 saturated carbocycles. The molecule has 0 aromatic carbocycles. The van der Waals surface area contributed by atoms with Crippen LogP contribution in [0, 0.1) is 0 Å². The Balaban J connectivity index is 2.02. The van der Waals surface area contributed by atoms with Crippen molar-refractivity contribution < 1.29 is 0 Å². The molecule has 0 aliphatic rings. The van der Waals surface area contributed by atoms with Crippen LogP contribution in [0.2, 0.25) is 0 Å². The van der Waals surface area contributed by atoms with Crippen molar-refractivity contribution in [1.29, 1.82) is 0 Å². The zero-order valence-corrected chi connectivity index (χ0v) is 11.0. The lowest BCUT2D eigenvalue weighted by Gasteiger charge is -2.24. The van der Waals surface area contributed by atoms with Crippen LogP contribution >= 0.6 is 0 Å². The van der Waals surface area contributed by atoms with Crippen molar-refractivity contribution in [1.82, 2.24) is 15.0 Å². The minimum atomic E-state index is 0.0221. The van der Waals surface area contributed by atoms with Crippen LogP contribution in [0.4, 0.5) is 11.6 Å². The van der Waals surface area contributed by atoms with E-state index in [0.29, 0.717) is 0 Å². The van der Waals surface area contributed by atoms with Crippen LogP contribution in [-0.2, 0) is 5.41 Å². The van der Waals surface area contributed by atoms with E-state index in [2.05, 4.69) is 45.5 Å². The van der Waals surface area contributed by atoms with E-state index in [0.717, 1.165) is 18.2 Å². The highest BCUT2D eigenvalue weighted by Gasteiger charge is 2.21. The molecule has 5 nitrogen and oxygen atoms in total. The summed E-state index contributed by atoms with van der Waals surface area (Å²) < 4.78 is 0. The van der Waals surface area contributed by atoms with Crippen molar-refractivity contribution in [3.8, 4) is 0 Å². The minimum absolute atomic E-state index is 0.0221. The van der Waals surface area contributed by atoms with Crippen LogP contribution in [0.3, 0.4) is 0 Å². The predicted octanol–water partition coefficient (Wildman–Crippen LogP) is 2.24. The number of rotatable bonds is 5. The summed E-state index contributed by atoms with van der Waals surface area (Å²) in [5.74, 6) is 1.64. The lowest BCUT2D eigenvalue weighted by molar-refractivity contribution is 0.541. The van der Waals surface area contributed by atoms with Crippen molar-refractivity contribution in [3.05, 3.63) is 36.4 Å². The number of anilines is 2. The summed E-state index contributed by atoms with van der Waals surface area (Å²) in [6, 6.07) is 6.01. The van der Waals surface area contributed by atoms with E-state index in [1.807, 2.05) is 25.4 Å². The number of aromatic nitrogens is 3. The Hall–Kier alpha value is -2.04. The molecule has 0 fully saturated rings. The Morgan fingerprint density at radius 3 is 2.72 bits per heavy atom. The second-order valence-electron chi connectivity index (χ2n) is 4.86. The average Bonchev–Trinajstić information content (AvgIpc) is 2.91. The van der Waals surface area contributed by atoms with Gasteiger partial charge in [-0.15, -0.1) is 0 Å². The highest BCUT2D eigenvalue weighted by molar-refractivity contribution is 5.46. The Morgan fingerprint density at radius 2 is 2.06 bits per heavy atom. The molecule has 2 rings (SSSR count). The van der Waals surface area contributed by atoms with Crippen LogP contribution < -0.4 is 10.6 Å². The first-order valence-corrected chi connectivity index (χ1v) is 5.99. The van der Waals surface area contributed by atoms with Crippen LogP contribution in [0.25, 0.3) is 0 Å². The normalized spacial score (nSPS) is 11.3. The number of nitrogens with one attached hydrogen (secondary N) is 3. The van der Waals surface area contributed by atoms with Gasteiger partial charge in [0.1, 0.15) is 18.0 Å².